The second-order valence-corrected chi connectivity index (χ2v) is 6.85. The molecule has 6 heteroatoms. The van der Waals surface area contributed by atoms with Crippen LogP contribution in [-0.2, 0) is 10.0 Å². The Hall–Kier alpha value is -2.05. The summed E-state index contributed by atoms with van der Waals surface area (Å²) in [4.78, 5) is 0.235. The predicted octanol–water partition coefficient (Wildman–Crippen LogP) is 2.19. The SMILES string of the molecule is C[C@H](NS(=O)(=O)c1ccccc1)[C@@H]1COc2ccccc2O1. The first-order valence-electron chi connectivity index (χ1n) is 7.02. The molecule has 0 fully saturated rings. The molecule has 1 aliphatic heterocycles. The molecule has 0 saturated carbocycles. The maximum Gasteiger partial charge on any atom is 0.240 e. The third-order valence-electron chi connectivity index (χ3n) is 3.48. The monoisotopic (exact) mass is 319 g/mol. The standard InChI is InChI=1S/C16H17NO4S/c1-12(17-22(18,19)13-7-3-2-4-8-13)16-11-20-14-9-5-6-10-15(14)21-16/h2-10,12,16-17H,11H2,1H3/t12-,16-/m0/s1. The maximum absolute atomic E-state index is 12.3. The highest BCUT2D eigenvalue weighted by Gasteiger charge is 2.29. The zero-order valence-electron chi connectivity index (χ0n) is 12.1. The van der Waals surface area contributed by atoms with Gasteiger partial charge in [0.1, 0.15) is 12.7 Å². The van der Waals surface area contributed by atoms with Crippen LogP contribution in [0.15, 0.2) is 59.5 Å². The van der Waals surface area contributed by atoms with Crippen molar-refractivity contribution in [3.63, 3.8) is 0 Å². The highest BCUT2D eigenvalue weighted by Crippen LogP contribution is 2.31. The average molecular weight is 319 g/mol. The first-order chi connectivity index (χ1) is 10.6. The molecule has 1 aliphatic rings. The number of nitrogens with one attached hydrogen (secondary N) is 1. The Labute approximate surface area is 129 Å². The molecule has 2 aromatic rings. The van der Waals surface area contributed by atoms with Gasteiger partial charge in [-0.1, -0.05) is 30.3 Å². The molecule has 2 atom stereocenters. The van der Waals surface area contributed by atoms with Gasteiger partial charge in [-0.05, 0) is 31.2 Å². The Morgan fingerprint density at radius 1 is 1.05 bits per heavy atom. The summed E-state index contributed by atoms with van der Waals surface area (Å²) in [5, 5.41) is 0. The lowest BCUT2D eigenvalue weighted by molar-refractivity contribution is 0.0725. The zero-order valence-corrected chi connectivity index (χ0v) is 12.9. The lowest BCUT2D eigenvalue weighted by atomic mass is 10.2. The van der Waals surface area contributed by atoms with Crippen LogP contribution in [-0.4, -0.2) is 27.2 Å². The van der Waals surface area contributed by atoms with Crippen molar-refractivity contribution in [2.45, 2.75) is 24.0 Å². The van der Waals surface area contributed by atoms with Crippen molar-refractivity contribution >= 4 is 10.0 Å². The second kappa shape index (κ2) is 5.98. The van der Waals surface area contributed by atoms with Crippen molar-refractivity contribution in [2.75, 3.05) is 6.61 Å². The number of sulfonamides is 1. The minimum Gasteiger partial charge on any atom is -0.486 e. The van der Waals surface area contributed by atoms with Crippen LogP contribution in [0.5, 0.6) is 11.5 Å². The Balaban J connectivity index is 1.72. The Morgan fingerprint density at radius 3 is 2.41 bits per heavy atom. The van der Waals surface area contributed by atoms with Crippen LogP contribution >= 0.6 is 0 Å². The number of para-hydroxylation sites is 2. The summed E-state index contributed by atoms with van der Waals surface area (Å²) in [5.74, 6) is 1.31. The molecule has 0 unspecified atom stereocenters. The minimum atomic E-state index is -3.57. The van der Waals surface area contributed by atoms with Crippen molar-refractivity contribution in [2.24, 2.45) is 0 Å². The molecule has 0 bridgehead atoms. The highest BCUT2D eigenvalue weighted by atomic mass is 32.2. The second-order valence-electron chi connectivity index (χ2n) is 5.14. The maximum atomic E-state index is 12.3. The summed E-state index contributed by atoms with van der Waals surface area (Å²) in [6.45, 7) is 2.07. The lowest BCUT2D eigenvalue weighted by Crippen LogP contribution is -2.48. The van der Waals surface area contributed by atoms with Crippen LogP contribution in [0.2, 0.25) is 0 Å². The molecular formula is C16H17NO4S. The lowest BCUT2D eigenvalue weighted by Gasteiger charge is -2.30. The van der Waals surface area contributed by atoms with E-state index in [1.54, 1.807) is 43.3 Å². The van der Waals surface area contributed by atoms with Crippen molar-refractivity contribution in [1.82, 2.24) is 4.72 Å². The molecule has 0 amide bonds. The molecule has 116 valence electrons. The molecule has 1 heterocycles. The van der Waals surface area contributed by atoms with E-state index in [2.05, 4.69) is 4.72 Å². The van der Waals surface area contributed by atoms with Crippen molar-refractivity contribution < 1.29 is 17.9 Å². The van der Waals surface area contributed by atoms with E-state index in [0.29, 0.717) is 18.1 Å². The number of benzene rings is 2. The average Bonchev–Trinajstić information content (AvgIpc) is 2.55. The smallest absolute Gasteiger partial charge is 0.240 e. The number of ether oxygens (including phenoxy) is 2. The molecule has 0 spiro atoms. The summed E-state index contributed by atoms with van der Waals surface area (Å²) in [6, 6.07) is 15.2. The summed E-state index contributed by atoms with van der Waals surface area (Å²) >= 11 is 0. The number of hydrogen-bond acceptors (Lipinski definition) is 4. The van der Waals surface area contributed by atoms with Crippen LogP contribution in [0, 0.1) is 0 Å². The largest absolute Gasteiger partial charge is 0.486 e. The fourth-order valence-electron chi connectivity index (χ4n) is 2.27. The van der Waals surface area contributed by atoms with E-state index in [-0.39, 0.29) is 11.0 Å². The van der Waals surface area contributed by atoms with Gasteiger partial charge in [0.2, 0.25) is 10.0 Å². The molecule has 0 aromatic heterocycles. The third kappa shape index (κ3) is 3.08. The third-order valence-corrected chi connectivity index (χ3v) is 5.06. The van der Waals surface area contributed by atoms with Crippen molar-refractivity contribution in [3.05, 3.63) is 54.6 Å². The van der Waals surface area contributed by atoms with E-state index in [4.69, 9.17) is 9.47 Å². The van der Waals surface area contributed by atoms with E-state index < -0.39 is 16.1 Å². The first-order valence-corrected chi connectivity index (χ1v) is 8.50. The number of fused-ring (bicyclic) bond motifs is 1. The quantitative estimate of drug-likeness (QED) is 0.938. The Bertz CT molecular complexity index is 746. The van der Waals surface area contributed by atoms with Crippen LogP contribution in [0.1, 0.15) is 6.92 Å². The van der Waals surface area contributed by atoms with Gasteiger partial charge in [-0.2, -0.15) is 0 Å². The van der Waals surface area contributed by atoms with Gasteiger partial charge in [-0.3, -0.25) is 0 Å². The fourth-order valence-corrected chi connectivity index (χ4v) is 3.56. The Kier molecular flexibility index (Phi) is 4.04. The molecule has 0 aliphatic carbocycles. The highest BCUT2D eigenvalue weighted by molar-refractivity contribution is 7.89. The zero-order chi connectivity index (χ0) is 15.6. The van der Waals surface area contributed by atoms with Gasteiger partial charge in [0.05, 0.1) is 10.9 Å². The summed E-state index contributed by atoms with van der Waals surface area (Å²) < 4.78 is 38.7. The van der Waals surface area contributed by atoms with Crippen LogP contribution in [0.4, 0.5) is 0 Å². The fraction of sp³-hybridized carbons (Fsp3) is 0.250. The minimum absolute atomic E-state index is 0.235. The van der Waals surface area contributed by atoms with Crippen LogP contribution < -0.4 is 14.2 Å². The molecular weight excluding hydrogens is 302 g/mol. The molecule has 2 aromatic carbocycles. The summed E-state index contributed by atoms with van der Waals surface area (Å²) in [5.41, 5.74) is 0. The van der Waals surface area contributed by atoms with E-state index in [0.717, 1.165) is 0 Å². The van der Waals surface area contributed by atoms with E-state index >= 15 is 0 Å². The van der Waals surface area contributed by atoms with Crippen molar-refractivity contribution in [1.29, 1.82) is 0 Å². The van der Waals surface area contributed by atoms with Gasteiger partial charge in [0, 0.05) is 0 Å². The van der Waals surface area contributed by atoms with Gasteiger partial charge in [0.15, 0.2) is 11.5 Å². The van der Waals surface area contributed by atoms with Crippen LogP contribution in [0.3, 0.4) is 0 Å². The Morgan fingerprint density at radius 2 is 1.68 bits per heavy atom. The predicted molar refractivity (Wildman–Crippen MR) is 82.6 cm³/mol. The van der Waals surface area contributed by atoms with Gasteiger partial charge < -0.3 is 9.47 Å². The molecule has 0 saturated heterocycles. The van der Waals surface area contributed by atoms with Gasteiger partial charge in [-0.15, -0.1) is 0 Å². The molecule has 0 radical (unpaired) electrons. The first kappa shape index (κ1) is 14.9. The van der Waals surface area contributed by atoms with E-state index in [9.17, 15) is 8.42 Å². The van der Waals surface area contributed by atoms with Gasteiger partial charge >= 0.3 is 0 Å². The molecule has 3 rings (SSSR count). The van der Waals surface area contributed by atoms with Crippen molar-refractivity contribution in [3.8, 4) is 11.5 Å². The summed E-state index contributed by atoms with van der Waals surface area (Å²) in [6.07, 6.45) is -0.381. The van der Waals surface area contributed by atoms with E-state index in [1.165, 1.54) is 0 Å². The topological polar surface area (TPSA) is 64.6 Å². The molecule has 1 N–H and O–H groups in total. The number of hydrogen-bond donors (Lipinski definition) is 1. The van der Waals surface area contributed by atoms with E-state index in [1.807, 2.05) is 18.2 Å². The normalized spacial score (nSPS) is 18.7. The van der Waals surface area contributed by atoms with Crippen LogP contribution in [0.25, 0.3) is 0 Å². The molecule has 5 nitrogen and oxygen atoms in total. The van der Waals surface area contributed by atoms with Gasteiger partial charge in [0.25, 0.3) is 0 Å². The van der Waals surface area contributed by atoms with Gasteiger partial charge in [-0.25, -0.2) is 13.1 Å². The summed E-state index contributed by atoms with van der Waals surface area (Å²) in [7, 11) is -3.57. The molecule has 22 heavy (non-hydrogen) atoms. The number of rotatable bonds is 4.